The molecule has 2 aliphatic heterocycles. The summed E-state index contributed by atoms with van der Waals surface area (Å²) >= 11 is 0. The molecule has 6 nitrogen and oxygen atoms in total. The molecule has 0 bridgehead atoms. The summed E-state index contributed by atoms with van der Waals surface area (Å²) in [6.45, 7) is 3.00. The summed E-state index contributed by atoms with van der Waals surface area (Å²) in [5, 5.41) is 3.09. The van der Waals surface area contributed by atoms with Crippen molar-refractivity contribution in [2.24, 2.45) is 5.92 Å². The molecule has 0 unspecified atom stereocenters. The molecule has 6 heteroatoms. The maximum Gasteiger partial charge on any atom is 0.318 e. The fourth-order valence-electron chi connectivity index (χ4n) is 3.94. The zero-order valence-corrected chi connectivity index (χ0v) is 14.3. The van der Waals surface area contributed by atoms with E-state index in [1.165, 1.54) is 10.9 Å². The highest BCUT2D eigenvalue weighted by Crippen LogP contribution is 2.42. The minimum atomic E-state index is -0.477. The van der Waals surface area contributed by atoms with Gasteiger partial charge in [-0.15, -0.1) is 0 Å². The highest BCUT2D eigenvalue weighted by molar-refractivity contribution is 5.88. The number of hydrogen-bond donors (Lipinski definition) is 1. The molecule has 1 aromatic carbocycles. The van der Waals surface area contributed by atoms with Crippen LogP contribution in [0.15, 0.2) is 24.3 Å². The number of esters is 2. The lowest BCUT2D eigenvalue weighted by atomic mass is 9.87. The SMILES string of the molecule is CCC(=O)OC(=O)[C@H]1CCCON2CCc3c([nH]c4ccccc34)[C@H]12. The highest BCUT2D eigenvalue weighted by atomic mass is 16.7. The van der Waals surface area contributed by atoms with Gasteiger partial charge in [-0.05, 0) is 30.9 Å². The Hall–Kier alpha value is -2.18. The van der Waals surface area contributed by atoms with Gasteiger partial charge >= 0.3 is 11.9 Å². The summed E-state index contributed by atoms with van der Waals surface area (Å²) in [4.78, 5) is 33.6. The standard InChI is InChI=1S/C19H22N2O4/c1-2-16(22)25-19(23)14-7-5-11-24-21-10-9-13-12-6-3-4-8-15(12)20-17(13)18(14)21/h3-4,6,8,14,18,20H,2,5,7,9-11H2,1H3/t14-,18-/m0/s1. The van der Waals surface area contributed by atoms with Crippen molar-refractivity contribution in [2.45, 2.75) is 38.6 Å². The Morgan fingerprint density at radius 2 is 2.20 bits per heavy atom. The molecule has 0 amide bonds. The van der Waals surface area contributed by atoms with Gasteiger partial charge in [-0.3, -0.25) is 14.4 Å². The molecule has 1 fully saturated rings. The van der Waals surface area contributed by atoms with Gasteiger partial charge in [0.25, 0.3) is 0 Å². The Morgan fingerprint density at radius 1 is 1.36 bits per heavy atom. The molecule has 25 heavy (non-hydrogen) atoms. The monoisotopic (exact) mass is 342 g/mol. The normalized spacial score (nSPS) is 23.6. The molecule has 2 aliphatic rings. The molecule has 2 aromatic rings. The van der Waals surface area contributed by atoms with Gasteiger partial charge in [0.1, 0.15) is 0 Å². The van der Waals surface area contributed by atoms with E-state index in [-0.39, 0.29) is 12.5 Å². The first-order valence-corrected chi connectivity index (χ1v) is 8.92. The quantitative estimate of drug-likeness (QED) is 0.671. The van der Waals surface area contributed by atoms with Crippen molar-refractivity contribution in [3.8, 4) is 0 Å². The summed E-state index contributed by atoms with van der Waals surface area (Å²) < 4.78 is 5.06. The molecule has 0 aliphatic carbocycles. The Bertz CT molecular complexity index is 813. The summed E-state index contributed by atoms with van der Waals surface area (Å²) in [6, 6.07) is 7.93. The number of nitrogens with zero attached hydrogens (tertiary/aromatic N) is 1. The Balaban J connectivity index is 1.75. The van der Waals surface area contributed by atoms with E-state index in [1.807, 2.05) is 23.3 Å². The van der Waals surface area contributed by atoms with Crippen molar-refractivity contribution in [3.05, 3.63) is 35.5 Å². The number of aromatic nitrogens is 1. The number of hydroxylamine groups is 2. The topological polar surface area (TPSA) is 71.6 Å². The number of H-pyrrole nitrogens is 1. The largest absolute Gasteiger partial charge is 0.393 e. The van der Waals surface area contributed by atoms with Crippen molar-refractivity contribution in [1.82, 2.24) is 10.0 Å². The average Bonchev–Trinajstić information content (AvgIpc) is 2.86. The van der Waals surface area contributed by atoms with E-state index in [4.69, 9.17) is 9.57 Å². The third kappa shape index (κ3) is 2.85. The van der Waals surface area contributed by atoms with E-state index in [2.05, 4.69) is 11.1 Å². The van der Waals surface area contributed by atoms with Crippen LogP contribution < -0.4 is 0 Å². The van der Waals surface area contributed by atoms with Crippen LogP contribution in [0.25, 0.3) is 10.9 Å². The van der Waals surface area contributed by atoms with Crippen LogP contribution in [-0.4, -0.2) is 35.1 Å². The molecule has 132 valence electrons. The summed E-state index contributed by atoms with van der Waals surface area (Å²) in [5.74, 6) is -1.33. The van der Waals surface area contributed by atoms with Crippen LogP contribution in [0.1, 0.15) is 43.5 Å². The van der Waals surface area contributed by atoms with Crippen molar-refractivity contribution < 1.29 is 19.2 Å². The molecule has 1 aromatic heterocycles. The van der Waals surface area contributed by atoms with Gasteiger partial charge in [0, 0.05) is 29.6 Å². The van der Waals surface area contributed by atoms with E-state index in [0.717, 1.165) is 30.6 Å². The van der Waals surface area contributed by atoms with Crippen molar-refractivity contribution in [1.29, 1.82) is 0 Å². The Morgan fingerprint density at radius 3 is 3.04 bits per heavy atom. The number of fused-ring (bicyclic) bond motifs is 5. The van der Waals surface area contributed by atoms with E-state index >= 15 is 0 Å². The number of aromatic amines is 1. The van der Waals surface area contributed by atoms with Crippen LogP contribution in [0, 0.1) is 5.92 Å². The summed E-state index contributed by atoms with van der Waals surface area (Å²) in [7, 11) is 0. The molecule has 3 heterocycles. The fourth-order valence-corrected chi connectivity index (χ4v) is 3.94. The molecule has 0 saturated carbocycles. The van der Waals surface area contributed by atoms with Crippen LogP contribution in [0.2, 0.25) is 0 Å². The molecule has 2 atom stereocenters. The first-order valence-electron chi connectivity index (χ1n) is 8.92. The van der Waals surface area contributed by atoms with Crippen molar-refractivity contribution in [3.63, 3.8) is 0 Å². The second kappa shape index (κ2) is 6.61. The van der Waals surface area contributed by atoms with Gasteiger partial charge in [0.15, 0.2) is 0 Å². The van der Waals surface area contributed by atoms with Gasteiger partial charge < -0.3 is 9.72 Å². The number of carbonyl (C=O) groups is 2. The summed E-state index contributed by atoms with van der Waals surface area (Å²) in [5.41, 5.74) is 3.32. The van der Waals surface area contributed by atoms with Crippen LogP contribution in [-0.2, 0) is 25.6 Å². The molecule has 0 spiro atoms. The molecule has 4 rings (SSSR count). The minimum Gasteiger partial charge on any atom is -0.393 e. The minimum absolute atomic E-state index is 0.195. The number of para-hydroxylation sites is 1. The zero-order valence-electron chi connectivity index (χ0n) is 14.3. The van der Waals surface area contributed by atoms with Crippen molar-refractivity contribution >= 4 is 22.8 Å². The fraction of sp³-hybridized carbons (Fsp3) is 0.474. The zero-order chi connectivity index (χ0) is 17.4. The number of rotatable bonds is 2. The maximum atomic E-state index is 12.7. The van der Waals surface area contributed by atoms with E-state index in [9.17, 15) is 9.59 Å². The van der Waals surface area contributed by atoms with Crippen LogP contribution in [0.5, 0.6) is 0 Å². The average molecular weight is 342 g/mol. The summed E-state index contributed by atoms with van der Waals surface area (Å²) in [6.07, 6.45) is 2.47. The van der Waals surface area contributed by atoms with Crippen LogP contribution in [0.3, 0.4) is 0 Å². The number of ether oxygens (including phenoxy) is 1. The van der Waals surface area contributed by atoms with Gasteiger partial charge in [0.05, 0.1) is 18.6 Å². The number of carbonyl (C=O) groups excluding carboxylic acids is 2. The number of hydrogen-bond acceptors (Lipinski definition) is 5. The van der Waals surface area contributed by atoms with Gasteiger partial charge in [-0.1, -0.05) is 25.1 Å². The lowest BCUT2D eigenvalue weighted by Crippen LogP contribution is -2.41. The third-order valence-corrected chi connectivity index (χ3v) is 5.14. The number of benzene rings is 1. The number of nitrogens with one attached hydrogen (secondary N) is 1. The van der Waals surface area contributed by atoms with E-state index < -0.39 is 17.9 Å². The molecular weight excluding hydrogens is 320 g/mol. The van der Waals surface area contributed by atoms with Crippen LogP contribution in [0.4, 0.5) is 0 Å². The molecular formula is C19H22N2O4. The second-order valence-electron chi connectivity index (χ2n) is 6.63. The first-order chi connectivity index (χ1) is 12.2. The Kier molecular flexibility index (Phi) is 4.31. The lowest BCUT2D eigenvalue weighted by Gasteiger charge is -2.36. The van der Waals surface area contributed by atoms with Gasteiger partial charge in [0.2, 0.25) is 0 Å². The second-order valence-corrected chi connectivity index (χ2v) is 6.63. The first kappa shape index (κ1) is 16.3. The third-order valence-electron chi connectivity index (χ3n) is 5.14. The van der Waals surface area contributed by atoms with E-state index in [1.54, 1.807) is 6.92 Å². The van der Waals surface area contributed by atoms with Crippen LogP contribution >= 0.6 is 0 Å². The molecule has 1 saturated heterocycles. The lowest BCUT2D eigenvalue weighted by molar-refractivity contribution is -0.198. The molecule has 1 N–H and O–H groups in total. The smallest absolute Gasteiger partial charge is 0.318 e. The van der Waals surface area contributed by atoms with Gasteiger partial charge in [-0.25, -0.2) is 0 Å². The van der Waals surface area contributed by atoms with Crippen molar-refractivity contribution in [2.75, 3.05) is 13.2 Å². The Labute approximate surface area is 146 Å². The van der Waals surface area contributed by atoms with E-state index in [0.29, 0.717) is 13.0 Å². The predicted octanol–water partition coefficient (Wildman–Crippen LogP) is 2.89. The molecule has 0 radical (unpaired) electrons. The predicted molar refractivity (Wildman–Crippen MR) is 91.5 cm³/mol. The maximum absolute atomic E-state index is 12.7. The van der Waals surface area contributed by atoms with Gasteiger partial charge in [-0.2, -0.15) is 5.06 Å². The highest BCUT2D eigenvalue weighted by Gasteiger charge is 2.42.